The lowest BCUT2D eigenvalue weighted by Gasteiger charge is -2.34. The molecule has 1 aromatic carbocycles. The summed E-state index contributed by atoms with van der Waals surface area (Å²) in [5.74, 6) is -6.91. The Morgan fingerprint density at radius 2 is 1.30 bits per heavy atom. The van der Waals surface area contributed by atoms with Crippen molar-refractivity contribution in [3.63, 3.8) is 0 Å². The van der Waals surface area contributed by atoms with Crippen LogP contribution in [-0.2, 0) is 51.3 Å². The van der Waals surface area contributed by atoms with Gasteiger partial charge in [-0.25, -0.2) is 14.0 Å². The van der Waals surface area contributed by atoms with E-state index >= 15 is 9.59 Å². The molecule has 0 aliphatic carbocycles. The van der Waals surface area contributed by atoms with E-state index < -0.39 is 77.5 Å². The monoisotopic (exact) mass is 988 g/mol. The molecule has 3 N–H and O–H groups in total. The number of carbonyl (C=O) groups excluding carboxylic acids is 6. The van der Waals surface area contributed by atoms with Gasteiger partial charge < -0.3 is 34.8 Å². The van der Waals surface area contributed by atoms with Crippen LogP contribution in [0.1, 0.15) is 125 Å². The number of pyridine rings is 1. The number of nitrogens with zero attached hydrogens (tertiary/aromatic N) is 6. The lowest BCUT2D eigenvalue weighted by Crippen LogP contribution is -2.51. The molecule has 0 radical (unpaired) electrons. The zero-order chi connectivity index (χ0) is 53.4. The van der Waals surface area contributed by atoms with Crippen LogP contribution in [0.4, 0.5) is 4.39 Å². The van der Waals surface area contributed by atoms with Crippen molar-refractivity contribution < 1.29 is 47.8 Å². The Bertz CT molecular complexity index is 2360. The van der Waals surface area contributed by atoms with E-state index in [0.717, 1.165) is 22.0 Å². The standard InChI is InChI=1S/C54H78FN7O9/c1-32(2)20-38(50(65)59(10)36(9)54(70)71-49(53(68)69)18-15-19-56)26-48(64)46(25-40-31-62(44-17-14-13-16-42(40)44)30-37-24-41(55)29-58-28-37)60(11)51(66)39(21-33(3)4)27-47(63)45(23-35(7)8)61(12)52(67)43(57)22-34(5)6/h13-14,16-17,24,28-29,31-36,38-39,43,45-46,49H,15,18,20-23,25-27,30,57H2,1-12H3,(H,68,69)/t36-,38+,39+,43-,45-,46-,49+/m0/s1. The van der Waals surface area contributed by atoms with Crippen LogP contribution in [0, 0.1) is 52.7 Å². The zero-order valence-electron chi connectivity index (χ0n) is 43.9. The van der Waals surface area contributed by atoms with Gasteiger partial charge >= 0.3 is 11.9 Å². The van der Waals surface area contributed by atoms with Crippen LogP contribution in [-0.4, -0.2) is 122 Å². The molecule has 17 heteroatoms. The molecular formula is C54H78FN7O9. The normalized spacial score (nSPS) is 14.6. The number of rotatable bonds is 29. The van der Waals surface area contributed by atoms with Gasteiger partial charge in [0.05, 0.1) is 30.4 Å². The van der Waals surface area contributed by atoms with Gasteiger partial charge in [0.15, 0.2) is 17.7 Å². The van der Waals surface area contributed by atoms with Crippen molar-refractivity contribution in [3.8, 4) is 6.07 Å². The van der Waals surface area contributed by atoms with E-state index in [4.69, 9.17) is 15.7 Å². The molecule has 16 nitrogen and oxygen atoms in total. The molecule has 0 aliphatic heterocycles. The average molecular weight is 988 g/mol. The molecule has 2 heterocycles. The highest BCUT2D eigenvalue weighted by atomic mass is 19.1. The number of amides is 3. The maximum absolute atomic E-state index is 15.2. The van der Waals surface area contributed by atoms with Gasteiger partial charge in [0.25, 0.3) is 0 Å². The number of ether oxygens (including phenoxy) is 1. The predicted octanol–water partition coefficient (Wildman–Crippen LogP) is 7.23. The van der Waals surface area contributed by atoms with Crippen molar-refractivity contribution in [2.75, 3.05) is 21.1 Å². The zero-order valence-corrected chi connectivity index (χ0v) is 43.9. The van der Waals surface area contributed by atoms with Crippen LogP contribution >= 0.6 is 0 Å². The summed E-state index contributed by atoms with van der Waals surface area (Å²) >= 11 is 0. The number of hydrogen-bond acceptors (Lipinski definition) is 11. The molecule has 0 fully saturated rings. The fourth-order valence-electron chi connectivity index (χ4n) is 9.19. The molecule has 0 bridgehead atoms. The third-order valence-electron chi connectivity index (χ3n) is 12.9. The number of aliphatic carboxylic acids is 1. The highest BCUT2D eigenvalue weighted by molar-refractivity contribution is 5.97. The first-order valence-electron chi connectivity index (χ1n) is 24.8. The fraction of sp³-hybridized carbons (Fsp3) is 0.611. The lowest BCUT2D eigenvalue weighted by atomic mass is 9.85. The number of halogens is 1. The van der Waals surface area contributed by atoms with E-state index in [2.05, 4.69) is 4.98 Å². The Labute approximate surface area is 419 Å². The molecule has 3 amide bonds. The minimum Gasteiger partial charge on any atom is -0.479 e. The van der Waals surface area contributed by atoms with Crippen molar-refractivity contribution in [3.05, 3.63) is 65.9 Å². The third kappa shape index (κ3) is 17.4. The third-order valence-corrected chi connectivity index (χ3v) is 12.9. The van der Waals surface area contributed by atoms with Crippen molar-refractivity contribution >= 4 is 52.1 Å². The lowest BCUT2D eigenvalue weighted by molar-refractivity contribution is -0.169. The van der Waals surface area contributed by atoms with E-state index in [1.54, 1.807) is 13.2 Å². The summed E-state index contributed by atoms with van der Waals surface area (Å²) in [6.45, 7) is 17.1. The largest absolute Gasteiger partial charge is 0.479 e. The minimum absolute atomic E-state index is 0.000281. The number of para-hydroxylation sites is 1. The molecule has 0 saturated carbocycles. The summed E-state index contributed by atoms with van der Waals surface area (Å²) in [7, 11) is 4.48. The number of nitriles is 1. The molecule has 71 heavy (non-hydrogen) atoms. The molecule has 0 aliphatic rings. The number of esters is 1. The van der Waals surface area contributed by atoms with Crippen LogP contribution < -0.4 is 5.73 Å². The van der Waals surface area contributed by atoms with E-state index in [0.29, 0.717) is 30.4 Å². The second-order valence-electron chi connectivity index (χ2n) is 20.9. The van der Waals surface area contributed by atoms with Crippen LogP contribution in [0.5, 0.6) is 0 Å². The maximum atomic E-state index is 15.2. The number of carboxylic acids is 1. The topological polar surface area (TPSA) is 226 Å². The Morgan fingerprint density at radius 1 is 0.761 bits per heavy atom. The number of likely N-dealkylation sites (N-methyl/N-ethyl adjacent to an activating group) is 3. The van der Waals surface area contributed by atoms with Gasteiger partial charge in [-0.15, -0.1) is 0 Å². The van der Waals surface area contributed by atoms with Crippen molar-refractivity contribution in [1.29, 1.82) is 5.26 Å². The average Bonchev–Trinajstić information content (AvgIpc) is 3.64. The molecule has 0 saturated heterocycles. The highest BCUT2D eigenvalue weighted by Gasteiger charge is 2.39. The predicted molar refractivity (Wildman–Crippen MR) is 269 cm³/mol. The first-order valence-corrected chi connectivity index (χ1v) is 24.8. The first-order chi connectivity index (χ1) is 33.3. The smallest absolute Gasteiger partial charge is 0.345 e. The van der Waals surface area contributed by atoms with E-state index in [1.165, 1.54) is 36.9 Å². The minimum atomic E-state index is -1.60. The van der Waals surface area contributed by atoms with Crippen LogP contribution in [0.2, 0.25) is 0 Å². The van der Waals surface area contributed by atoms with E-state index in [9.17, 15) is 33.5 Å². The molecule has 0 spiro atoms. The Kier molecular flexibility index (Phi) is 23.0. The molecular weight excluding hydrogens is 910 g/mol. The second-order valence-corrected chi connectivity index (χ2v) is 20.9. The molecule has 3 aromatic rings. The molecule has 2 aromatic heterocycles. The number of fused-ring (bicyclic) bond motifs is 1. The number of Topliss-reactive ketones (excluding diaryl/α,β-unsaturated/α-hetero) is 2. The molecule has 0 unspecified atom stereocenters. The van der Waals surface area contributed by atoms with Gasteiger partial charge in [-0.2, -0.15) is 5.26 Å². The van der Waals surface area contributed by atoms with Gasteiger partial charge in [0.2, 0.25) is 17.7 Å². The quantitative estimate of drug-likeness (QED) is 0.0657. The first kappa shape index (κ1) is 59.3. The number of benzene rings is 1. The summed E-state index contributed by atoms with van der Waals surface area (Å²) in [6, 6.07) is 6.63. The summed E-state index contributed by atoms with van der Waals surface area (Å²) in [5.41, 5.74) is 8.40. The summed E-state index contributed by atoms with van der Waals surface area (Å²) in [4.78, 5) is 106. The molecule has 3 rings (SSSR count). The summed E-state index contributed by atoms with van der Waals surface area (Å²) in [6.07, 6.45) is 3.28. The second kappa shape index (κ2) is 27.5. The van der Waals surface area contributed by atoms with Crippen molar-refractivity contribution in [1.82, 2.24) is 24.3 Å². The number of carbonyl (C=O) groups is 7. The number of ketones is 2. The van der Waals surface area contributed by atoms with Gasteiger partial charge in [-0.05, 0) is 79.5 Å². The fourth-order valence-corrected chi connectivity index (χ4v) is 9.19. The van der Waals surface area contributed by atoms with Gasteiger partial charge in [-0.1, -0.05) is 73.6 Å². The van der Waals surface area contributed by atoms with E-state index in [1.807, 2.05) is 96.5 Å². The molecule has 390 valence electrons. The van der Waals surface area contributed by atoms with Crippen molar-refractivity contribution in [2.45, 2.75) is 157 Å². The summed E-state index contributed by atoms with van der Waals surface area (Å²) < 4.78 is 21.4. The van der Waals surface area contributed by atoms with Crippen LogP contribution in [0.15, 0.2) is 48.9 Å². The van der Waals surface area contributed by atoms with Gasteiger partial charge in [-0.3, -0.25) is 29.0 Å². The Morgan fingerprint density at radius 3 is 1.83 bits per heavy atom. The number of nitrogens with two attached hydrogens (primary N) is 1. The number of aromatic nitrogens is 2. The van der Waals surface area contributed by atoms with Gasteiger partial charge in [0.1, 0.15) is 11.9 Å². The van der Waals surface area contributed by atoms with Crippen LogP contribution in [0.25, 0.3) is 10.9 Å². The molecule has 7 atom stereocenters. The Hall–Kier alpha value is -6.02. The SMILES string of the molecule is CC(C)C[C@H](CC(=O)[C@H](Cc1cn(Cc2cncc(F)c2)c2ccccc12)N(C)C(=O)[C@@H](CC(=O)[C@H](CC(C)C)N(C)C(=O)[C@@H](N)CC(C)C)CC(C)C)C(=O)N(C)[C@@H](C)C(=O)O[C@H](CCC#N)C(=O)O. The van der Waals surface area contributed by atoms with Crippen molar-refractivity contribution in [2.24, 2.45) is 41.2 Å². The van der Waals surface area contributed by atoms with Gasteiger partial charge in [0, 0.05) is 94.9 Å². The highest BCUT2D eigenvalue weighted by Crippen LogP contribution is 2.30. The van der Waals surface area contributed by atoms with Crippen LogP contribution in [0.3, 0.4) is 0 Å². The van der Waals surface area contributed by atoms with E-state index in [-0.39, 0.29) is 80.4 Å². The summed E-state index contributed by atoms with van der Waals surface area (Å²) in [5, 5.41) is 19.4. The maximum Gasteiger partial charge on any atom is 0.345 e. The Balaban J connectivity index is 2.13. The number of carboxylic acid groups (broad SMARTS) is 1. The number of hydrogen-bond donors (Lipinski definition) is 2.